The van der Waals surface area contributed by atoms with E-state index in [4.69, 9.17) is 9.47 Å². The molecule has 1 unspecified atom stereocenters. The first-order valence-corrected chi connectivity index (χ1v) is 21.0. The summed E-state index contributed by atoms with van der Waals surface area (Å²) >= 11 is 0. The number of nitrogens with zero attached hydrogens (tertiary/aromatic N) is 4. The quantitative estimate of drug-likeness (QED) is 0.147. The number of carbonyl (C=O) groups is 5. The van der Waals surface area contributed by atoms with E-state index >= 15 is 4.39 Å². The molecule has 14 nitrogen and oxygen atoms in total. The van der Waals surface area contributed by atoms with Crippen molar-refractivity contribution in [2.24, 2.45) is 5.41 Å². The van der Waals surface area contributed by atoms with Gasteiger partial charge in [0.25, 0.3) is 11.8 Å². The molecule has 0 radical (unpaired) electrons. The zero-order valence-corrected chi connectivity index (χ0v) is 33.9. The number of piperidine rings is 2. The minimum absolute atomic E-state index is 0.0388. The minimum Gasteiger partial charge on any atom is -0.490 e. The molecule has 1 aromatic heterocycles. The molecule has 5 heterocycles. The maximum atomic E-state index is 15.4. The Hall–Kier alpha value is -6.16. The van der Waals surface area contributed by atoms with Gasteiger partial charge >= 0.3 is 6.09 Å². The van der Waals surface area contributed by atoms with Crippen LogP contribution in [0.4, 0.5) is 30.8 Å². The molecule has 0 bridgehead atoms. The number of imide groups is 2. The van der Waals surface area contributed by atoms with Gasteiger partial charge in [0.1, 0.15) is 42.8 Å². The van der Waals surface area contributed by atoms with E-state index in [9.17, 15) is 28.4 Å². The largest absolute Gasteiger partial charge is 0.490 e. The monoisotopic (exact) mass is 835 g/mol. The number of anilines is 3. The summed E-state index contributed by atoms with van der Waals surface area (Å²) < 4.78 is 40.6. The van der Waals surface area contributed by atoms with E-state index in [-0.39, 0.29) is 47.8 Å². The van der Waals surface area contributed by atoms with Gasteiger partial charge in [0.15, 0.2) is 0 Å². The van der Waals surface area contributed by atoms with Crippen molar-refractivity contribution in [1.29, 1.82) is 0 Å². The average Bonchev–Trinajstić information content (AvgIpc) is 3.48. The van der Waals surface area contributed by atoms with Crippen LogP contribution in [0, 0.1) is 18.2 Å². The first-order chi connectivity index (χ1) is 29.5. The molecule has 2 saturated heterocycles. The molecule has 4 aliphatic heterocycles. The Balaban J connectivity index is 0.741. The van der Waals surface area contributed by atoms with E-state index in [1.807, 2.05) is 24.0 Å². The lowest BCUT2D eigenvalue weighted by atomic mass is 9.61. The summed E-state index contributed by atoms with van der Waals surface area (Å²) in [6.07, 6.45) is 5.16. The molecule has 61 heavy (non-hydrogen) atoms. The Labute approximate surface area is 350 Å². The summed E-state index contributed by atoms with van der Waals surface area (Å²) in [7, 11) is 0. The maximum absolute atomic E-state index is 15.4. The zero-order chi connectivity index (χ0) is 42.4. The van der Waals surface area contributed by atoms with Crippen molar-refractivity contribution in [2.75, 3.05) is 68.1 Å². The average molecular weight is 836 g/mol. The second-order valence-corrected chi connectivity index (χ2v) is 16.7. The van der Waals surface area contributed by atoms with E-state index in [2.05, 4.69) is 25.8 Å². The Morgan fingerprint density at radius 2 is 1.77 bits per heavy atom. The zero-order valence-electron chi connectivity index (χ0n) is 33.9. The summed E-state index contributed by atoms with van der Waals surface area (Å²) in [5.41, 5.74) is 4.05. The second kappa shape index (κ2) is 16.4. The van der Waals surface area contributed by atoms with Gasteiger partial charge in [0.05, 0.1) is 16.8 Å². The number of hydrogen-bond acceptors (Lipinski definition) is 11. The molecule has 1 spiro atoms. The van der Waals surface area contributed by atoms with Crippen LogP contribution in [0.15, 0.2) is 54.7 Å². The van der Waals surface area contributed by atoms with Gasteiger partial charge in [0, 0.05) is 48.9 Å². The number of alkyl halides is 1. The van der Waals surface area contributed by atoms with E-state index in [0.717, 1.165) is 84.6 Å². The molecule has 1 aliphatic carbocycles. The fraction of sp³-hybridized carbons (Fsp3) is 0.422. The van der Waals surface area contributed by atoms with Crippen molar-refractivity contribution in [2.45, 2.75) is 64.0 Å². The third kappa shape index (κ3) is 7.84. The summed E-state index contributed by atoms with van der Waals surface area (Å²) in [5.74, 6) is -1.58. The van der Waals surface area contributed by atoms with Gasteiger partial charge < -0.3 is 24.6 Å². The van der Waals surface area contributed by atoms with Crippen molar-refractivity contribution in [3.05, 3.63) is 77.2 Å². The van der Waals surface area contributed by atoms with Gasteiger partial charge in [-0.1, -0.05) is 6.07 Å². The Kier molecular flexibility index (Phi) is 10.8. The number of nitrogens with one attached hydrogen (secondary N) is 3. The number of likely N-dealkylation sites (tertiary alicyclic amines) is 1. The lowest BCUT2D eigenvalue weighted by Crippen LogP contribution is -2.54. The smallest absolute Gasteiger partial charge is 0.413 e. The third-order valence-electron chi connectivity index (χ3n) is 13.0. The molecule has 1 saturated carbocycles. The topological polar surface area (TPSA) is 163 Å². The lowest BCUT2D eigenvalue weighted by Gasteiger charge is -2.51. The van der Waals surface area contributed by atoms with Gasteiger partial charge in [-0.2, -0.15) is 0 Å². The molecule has 318 valence electrons. The number of halogens is 2. The van der Waals surface area contributed by atoms with Crippen molar-refractivity contribution in [1.82, 2.24) is 20.1 Å². The first kappa shape index (κ1) is 40.3. The van der Waals surface area contributed by atoms with Crippen LogP contribution in [0.3, 0.4) is 0 Å². The SMILES string of the molecule is Cc1c(-c2cc3cc(NC(=O)OC4CC5(CCN(CCCN(CCF)c6ccc7c(c6)C(=O)N(C6CCC(=O)NC6=O)C7=O)CC5)C4)ncc3cc2F)ccc2c1NCCO2. The minimum atomic E-state index is -1.05. The summed E-state index contributed by atoms with van der Waals surface area (Å²) in [6, 6.07) is 12.5. The number of hydrogen-bond donors (Lipinski definition) is 3. The number of pyridine rings is 1. The second-order valence-electron chi connectivity index (χ2n) is 16.7. The molecule has 4 aromatic rings. The molecule has 9 rings (SSSR count). The first-order valence-electron chi connectivity index (χ1n) is 21.0. The predicted octanol–water partition coefficient (Wildman–Crippen LogP) is 6.21. The Morgan fingerprint density at radius 3 is 2.56 bits per heavy atom. The van der Waals surface area contributed by atoms with Crippen molar-refractivity contribution in [3.8, 4) is 16.9 Å². The van der Waals surface area contributed by atoms with Crippen molar-refractivity contribution >= 4 is 57.7 Å². The Morgan fingerprint density at radius 1 is 0.984 bits per heavy atom. The van der Waals surface area contributed by atoms with Crippen LogP contribution < -0.4 is 25.6 Å². The third-order valence-corrected chi connectivity index (χ3v) is 13.0. The number of aromatic nitrogens is 1. The fourth-order valence-electron chi connectivity index (χ4n) is 9.64. The lowest BCUT2D eigenvalue weighted by molar-refractivity contribution is -0.136. The van der Waals surface area contributed by atoms with Gasteiger partial charge in [-0.3, -0.25) is 34.7 Å². The van der Waals surface area contributed by atoms with E-state index in [1.54, 1.807) is 30.3 Å². The number of amides is 5. The molecule has 1 atom stereocenters. The van der Waals surface area contributed by atoms with Crippen LogP contribution in [-0.4, -0.2) is 109 Å². The van der Waals surface area contributed by atoms with Gasteiger partial charge in [-0.25, -0.2) is 18.6 Å². The van der Waals surface area contributed by atoms with E-state index < -0.39 is 42.4 Å². The Bertz CT molecular complexity index is 2450. The van der Waals surface area contributed by atoms with Crippen LogP contribution in [0.2, 0.25) is 0 Å². The highest BCUT2D eigenvalue weighted by atomic mass is 19.1. The van der Waals surface area contributed by atoms with Crippen LogP contribution in [0.5, 0.6) is 5.75 Å². The van der Waals surface area contributed by atoms with Gasteiger partial charge in [-0.05, 0) is 129 Å². The van der Waals surface area contributed by atoms with Crippen LogP contribution in [0.1, 0.15) is 71.2 Å². The molecule has 16 heteroatoms. The highest BCUT2D eigenvalue weighted by Gasteiger charge is 2.48. The molecule has 3 N–H and O–H groups in total. The summed E-state index contributed by atoms with van der Waals surface area (Å²) in [6.45, 7) is 5.86. The summed E-state index contributed by atoms with van der Waals surface area (Å²) in [4.78, 5) is 73.0. The maximum Gasteiger partial charge on any atom is 0.413 e. The highest BCUT2D eigenvalue weighted by Crippen LogP contribution is 2.50. The number of carbonyl (C=O) groups excluding carboxylic acids is 5. The molecule has 3 aromatic carbocycles. The molecule has 5 amide bonds. The molecular weight excluding hydrogens is 789 g/mol. The van der Waals surface area contributed by atoms with Crippen LogP contribution >= 0.6 is 0 Å². The normalized spacial score (nSPS) is 19.8. The predicted molar refractivity (Wildman–Crippen MR) is 223 cm³/mol. The number of rotatable bonds is 11. The van der Waals surface area contributed by atoms with Gasteiger partial charge in [0.2, 0.25) is 11.8 Å². The molecular formula is C45H47F2N7O7. The summed E-state index contributed by atoms with van der Waals surface area (Å²) in [5, 5.41) is 9.65. The van der Waals surface area contributed by atoms with E-state index in [0.29, 0.717) is 42.2 Å². The highest BCUT2D eigenvalue weighted by molar-refractivity contribution is 6.23. The fourth-order valence-corrected chi connectivity index (χ4v) is 9.64. The number of benzene rings is 3. The number of fused-ring (bicyclic) bond motifs is 3. The molecule has 3 fully saturated rings. The molecule has 5 aliphatic rings. The van der Waals surface area contributed by atoms with Crippen LogP contribution in [-0.2, 0) is 14.3 Å². The van der Waals surface area contributed by atoms with Gasteiger partial charge in [-0.15, -0.1) is 0 Å². The van der Waals surface area contributed by atoms with Crippen molar-refractivity contribution < 1.29 is 42.2 Å². The van der Waals surface area contributed by atoms with Crippen molar-refractivity contribution in [3.63, 3.8) is 0 Å². The standard InChI is InChI=1S/C45H47F2N7O7/c1-26-31(5-7-37-40(26)48-12-18-60-37)33-19-27-21-38(49-25-28(27)20-35(33)47)50-44(59)61-30-23-45(24-30)9-15-52(16-10-45)13-2-14-53(17-11-46)29-3-4-32-34(22-29)43(58)54(42(32)57)36-6-8-39(55)51-41(36)56/h3-5,7,19-22,25,30,36,48H,2,6,8-18,23-24H2,1H3,(H,49,50,59)(H,51,55,56). The van der Waals surface area contributed by atoms with E-state index in [1.165, 1.54) is 12.3 Å². The van der Waals surface area contributed by atoms with Crippen LogP contribution in [0.25, 0.3) is 21.9 Å². The number of ether oxygens (including phenoxy) is 2.